The molecule has 0 bridgehead atoms. The van der Waals surface area contributed by atoms with Crippen LogP contribution in [0.25, 0.3) is 5.57 Å². The minimum Gasteiger partial charge on any atom is -0.386 e. The van der Waals surface area contributed by atoms with Crippen molar-refractivity contribution in [3.05, 3.63) is 95.2 Å². The average Bonchev–Trinajstić information content (AvgIpc) is 2.68. The number of rotatable bonds is 3. The molecular formula is C21H16ClNO3S. The monoisotopic (exact) mass is 397 g/mol. The van der Waals surface area contributed by atoms with Gasteiger partial charge in [-0.2, -0.15) is 8.42 Å². The summed E-state index contributed by atoms with van der Waals surface area (Å²) >= 11 is 5.83. The van der Waals surface area contributed by atoms with Crippen molar-refractivity contribution in [1.82, 2.24) is 0 Å². The summed E-state index contributed by atoms with van der Waals surface area (Å²) in [5.41, 5.74) is 4.50. The highest BCUT2D eigenvalue weighted by Gasteiger charge is 2.25. The lowest BCUT2D eigenvalue weighted by molar-refractivity contribution is 0.444. The van der Waals surface area contributed by atoms with E-state index in [1.54, 1.807) is 0 Å². The molecule has 0 aromatic heterocycles. The SMILES string of the molecule is CN1c2ccccc2C(=COS(=O)(=O)c2ccc(Cl)cc2)c2ccccc21. The first kappa shape index (κ1) is 17.6. The maximum Gasteiger partial charge on any atom is 0.338 e. The van der Waals surface area contributed by atoms with Crippen molar-refractivity contribution >= 4 is 38.7 Å². The van der Waals surface area contributed by atoms with E-state index in [4.69, 9.17) is 15.8 Å². The molecule has 4 nitrogen and oxygen atoms in total. The molecule has 0 spiro atoms. The van der Waals surface area contributed by atoms with Crippen molar-refractivity contribution < 1.29 is 12.6 Å². The van der Waals surface area contributed by atoms with Crippen LogP contribution in [-0.4, -0.2) is 15.5 Å². The van der Waals surface area contributed by atoms with Gasteiger partial charge in [0.05, 0.1) is 0 Å². The summed E-state index contributed by atoms with van der Waals surface area (Å²) in [5.74, 6) is 0. The van der Waals surface area contributed by atoms with Crippen LogP contribution in [0, 0.1) is 0 Å². The van der Waals surface area contributed by atoms with E-state index in [1.807, 2.05) is 55.6 Å². The fourth-order valence-electron chi connectivity index (χ4n) is 3.16. The molecule has 4 rings (SSSR count). The summed E-state index contributed by atoms with van der Waals surface area (Å²) in [6.07, 6.45) is 1.31. The van der Waals surface area contributed by atoms with Gasteiger partial charge < -0.3 is 9.08 Å². The number of nitrogens with zero attached hydrogens (tertiary/aromatic N) is 1. The lowest BCUT2D eigenvalue weighted by Crippen LogP contribution is -2.18. The summed E-state index contributed by atoms with van der Waals surface area (Å²) in [4.78, 5) is 2.13. The minimum atomic E-state index is -3.94. The van der Waals surface area contributed by atoms with E-state index < -0.39 is 10.1 Å². The van der Waals surface area contributed by atoms with Gasteiger partial charge in [-0.1, -0.05) is 48.0 Å². The standard InChI is InChI=1S/C21H16ClNO3S/c1-23-20-8-4-2-6-17(20)19(18-7-3-5-9-21(18)23)14-26-27(24,25)16-12-10-15(22)11-13-16/h2-14H,1H3. The van der Waals surface area contributed by atoms with Crippen LogP contribution in [0.3, 0.4) is 0 Å². The van der Waals surface area contributed by atoms with Crippen LogP contribution in [0.1, 0.15) is 11.1 Å². The summed E-state index contributed by atoms with van der Waals surface area (Å²) < 4.78 is 30.4. The highest BCUT2D eigenvalue weighted by molar-refractivity contribution is 7.86. The Kier molecular flexibility index (Phi) is 4.42. The Morgan fingerprint density at radius 2 is 1.37 bits per heavy atom. The number of fused-ring (bicyclic) bond motifs is 2. The molecule has 1 aliphatic rings. The Labute approximate surface area is 163 Å². The molecule has 136 valence electrons. The molecule has 3 aromatic carbocycles. The Morgan fingerprint density at radius 1 is 0.852 bits per heavy atom. The molecule has 6 heteroatoms. The Balaban J connectivity index is 1.79. The Bertz CT molecular complexity index is 1090. The normalized spacial score (nSPS) is 13.0. The zero-order valence-corrected chi connectivity index (χ0v) is 16.0. The van der Waals surface area contributed by atoms with Gasteiger partial charge in [0.25, 0.3) is 0 Å². The first-order valence-electron chi connectivity index (χ1n) is 8.29. The zero-order chi connectivity index (χ0) is 19.0. The van der Waals surface area contributed by atoms with Gasteiger partial charge in [-0.25, -0.2) is 0 Å². The molecule has 0 saturated carbocycles. The smallest absolute Gasteiger partial charge is 0.338 e. The first-order chi connectivity index (χ1) is 13.0. The van der Waals surface area contributed by atoms with E-state index in [1.165, 1.54) is 30.5 Å². The highest BCUT2D eigenvalue weighted by Crippen LogP contribution is 2.43. The molecule has 27 heavy (non-hydrogen) atoms. The number of anilines is 2. The first-order valence-corrected chi connectivity index (χ1v) is 10.1. The van der Waals surface area contributed by atoms with Crippen molar-refractivity contribution in [3.63, 3.8) is 0 Å². The van der Waals surface area contributed by atoms with Crippen molar-refractivity contribution in [2.24, 2.45) is 0 Å². The second kappa shape index (κ2) is 6.76. The van der Waals surface area contributed by atoms with Crippen molar-refractivity contribution in [1.29, 1.82) is 0 Å². The minimum absolute atomic E-state index is 0.0539. The molecule has 0 atom stereocenters. The Hall–Kier alpha value is -2.76. The van der Waals surface area contributed by atoms with Gasteiger partial charge in [-0.15, -0.1) is 0 Å². The summed E-state index contributed by atoms with van der Waals surface area (Å²) in [6, 6.07) is 21.5. The van der Waals surface area contributed by atoms with E-state index in [9.17, 15) is 8.42 Å². The van der Waals surface area contributed by atoms with Gasteiger partial charge in [0.1, 0.15) is 11.2 Å². The van der Waals surface area contributed by atoms with Gasteiger partial charge in [-0.05, 0) is 36.4 Å². The molecule has 0 N–H and O–H groups in total. The van der Waals surface area contributed by atoms with Gasteiger partial charge in [-0.3, -0.25) is 0 Å². The van der Waals surface area contributed by atoms with Crippen LogP contribution in [-0.2, 0) is 14.3 Å². The molecule has 3 aromatic rings. The Morgan fingerprint density at radius 3 is 1.93 bits per heavy atom. The number of para-hydroxylation sites is 2. The molecule has 0 amide bonds. The molecule has 0 unspecified atom stereocenters. The summed E-state index contributed by atoms with van der Waals surface area (Å²) in [7, 11) is -1.96. The fourth-order valence-corrected chi connectivity index (χ4v) is 4.09. The van der Waals surface area contributed by atoms with Crippen LogP contribution in [0.5, 0.6) is 0 Å². The third kappa shape index (κ3) is 3.20. The lowest BCUT2D eigenvalue weighted by Gasteiger charge is -2.31. The largest absolute Gasteiger partial charge is 0.386 e. The number of halogens is 1. The molecule has 1 heterocycles. The predicted molar refractivity (Wildman–Crippen MR) is 108 cm³/mol. The number of hydrogen-bond acceptors (Lipinski definition) is 4. The third-order valence-electron chi connectivity index (χ3n) is 4.51. The molecular weight excluding hydrogens is 382 g/mol. The van der Waals surface area contributed by atoms with Crippen molar-refractivity contribution in [3.8, 4) is 0 Å². The summed E-state index contributed by atoms with van der Waals surface area (Å²) in [5, 5.41) is 0.463. The molecule has 0 fully saturated rings. The zero-order valence-electron chi connectivity index (χ0n) is 14.5. The topological polar surface area (TPSA) is 46.6 Å². The van der Waals surface area contributed by atoms with Gasteiger partial charge in [0.2, 0.25) is 0 Å². The van der Waals surface area contributed by atoms with Crippen LogP contribution in [0.2, 0.25) is 5.02 Å². The van der Waals surface area contributed by atoms with Crippen LogP contribution < -0.4 is 4.90 Å². The third-order valence-corrected chi connectivity index (χ3v) is 5.96. The van der Waals surface area contributed by atoms with Crippen molar-refractivity contribution in [2.75, 3.05) is 11.9 Å². The maximum atomic E-state index is 12.6. The maximum absolute atomic E-state index is 12.6. The summed E-state index contributed by atoms with van der Waals surface area (Å²) in [6.45, 7) is 0. The van der Waals surface area contributed by atoms with Gasteiger partial charge in [0.15, 0.2) is 0 Å². The van der Waals surface area contributed by atoms with Crippen LogP contribution >= 0.6 is 11.6 Å². The lowest BCUT2D eigenvalue weighted by atomic mass is 9.91. The van der Waals surface area contributed by atoms with Crippen LogP contribution in [0.15, 0.2) is 84.0 Å². The second-order valence-corrected chi connectivity index (χ2v) is 8.14. The second-order valence-electron chi connectivity index (χ2n) is 6.13. The average molecular weight is 398 g/mol. The molecule has 1 aliphatic heterocycles. The molecule has 0 aliphatic carbocycles. The van der Waals surface area contributed by atoms with Crippen molar-refractivity contribution in [2.45, 2.75) is 4.90 Å². The quantitative estimate of drug-likeness (QED) is 0.449. The van der Waals surface area contributed by atoms with Crippen LogP contribution in [0.4, 0.5) is 11.4 Å². The number of hydrogen-bond donors (Lipinski definition) is 0. The molecule has 0 radical (unpaired) electrons. The van der Waals surface area contributed by atoms with E-state index in [0.29, 0.717) is 5.02 Å². The van der Waals surface area contributed by atoms with E-state index in [-0.39, 0.29) is 4.90 Å². The van der Waals surface area contributed by atoms with Gasteiger partial charge >= 0.3 is 10.1 Å². The van der Waals surface area contributed by atoms with E-state index >= 15 is 0 Å². The number of benzene rings is 3. The van der Waals surface area contributed by atoms with Gasteiger partial charge in [0, 0.05) is 40.1 Å². The highest BCUT2D eigenvalue weighted by atomic mass is 35.5. The fraction of sp³-hybridized carbons (Fsp3) is 0.0476. The molecule has 0 saturated heterocycles. The van der Waals surface area contributed by atoms with E-state index in [0.717, 1.165) is 28.1 Å². The van der Waals surface area contributed by atoms with E-state index in [2.05, 4.69) is 4.90 Å². The predicted octanol–water partition coefficient (Wildman–Crippen LogP) is 5.22.